The molecule has 0 aliphatic carbocycles. The van der Waals surface area contributed by atoms with E-state index in [-0.39, 0.29) is 42.5 Å². The molecule has 1 saturated heterocycles. The van der Waals surface area contributed by atoms with Crippen molar-refractivity contribution in [3.63, 3.8) is 0 Å². The zero-order valence-corrected chi connectivity index (χ0v) is 20.9. The molecule has 3 aromatic carbocycles. The summed E-state index contributed by atoms with van der Waals surface area (Å²) >= 11 is 0. The minimum atomic E-state index is -1.27. The molecule has 0 bridgehead atoms. The van der Waals surface area contributed by atoms with Crippen LogP contribution in [0.4, 0.5) is 8.78 Å². The number of likely N-dealkylation sites (tertiary alicyclic amines) is 1. The summed E-state index contributed by atoms with van der Waals surface area (Å²) in [5.74, 6) is -2.18. The summed E-state index contributed by atoms with van der Waals surface area (Å²) in [7, 11) is 0. The second-order valence-electron chi connectivity index (χ2n) is 9.81. The van der Waals surface area contributed by atoms with Gasteiger partial charge in [0.25, 0.3) is 5.91 Å². The highest BCUT2D eigenvalue weighted by Gasteiger charge is 2.30. The van der Waals surface area contributed by atoms with Gasteiger partial charge in [-0.05, 0) is 78.5 Å². The Morgan fingerprint density at radius 1 is 0.974 bits per heavy atom. The number of carbonyl (C=O) groups is 2. The SMILES string of the molecule is O=C(CCc1ccc2cc(F)ccc2c1)C(=O)N[C@H](CN1CCCC1)[C@@H](O)c1cc(F)c2c(c1)OCCO2. The van der Waals surface area contributed by atoms with Crippen LogP contribution in [0.5, 0.6) is 11.5 Å². The molecule has 2 N–H and O–H groups in total. The molecule has 0 unspecified atom stereocenters. The number of amides is 1. The Kier molecular flexibility index (Phi) is 7.85. The molecule has 0 spiro atoms. The van der Waals surface area contributed by atoms with E-state index in [2.05, 4.69) is 10.2 Å². The molecule has 38 heavy (non-hydrogen) atoms. The fourth-order valence-corrected chi connectivity index (χ4v) is 5.04. The van der Waals surface area contributed by atoms with Gasteiger partial charge < -0.3 is 24.8 Å². The summed E-state index contributed by atoms with van der Waals surface area (Å²) in [5.41, 5.74) is 1.09. The number of aryl methyl sites for hydroxylation is 1. The normalized spacial score (nSPS) is 16.8. The quantitative estimate of drug-likeness (QED) is 0.415. The van der Waals surface area contributed by atoms with E-state index in [4.69, 9.17) is 9.47 Å². The standard InChI is InChI=1S/C29H30F2N2O5/c30-22-7-6-19-13-18(3-5-20(19)14-22)4-8-25(34)29(36)32-24(17-33-9-1-2-10-33)27(35)21-15-23(31)28-26(16-21)37-11-12-38-28/h3,5-7,13-16,24,27,35H,1-2,4,8-12,17H2,(H,32,36)/t24-,27+/m1/s1. The van der Waals surface area contributed by atoms with Gasteiger partial charge in [-0.15, -0.1) is 0 Å². The predicted molar refractivity (Wildman–Crippen MR) is 137 cm³/mol. The molecule has 1 fully saturated rings. The van der Waals surface area contributed by atoms with E-state index < -0.39 is 29.7 Å². The zero-order valence-electron chi connectivity index (χ0n) is 20.9. The van der Waals surface area contributed by atoms with Crippen LogP contribution in [0.15, 0.2) is 48.5 Å². The first kappa shape index (κ1) is 26.1. The second kappa shape index (κ2) is 11.4. The topological polar surface area (TPSA) is 88.1 Å². The summed E-state index contributed by atoms with van der Waals surface area (Å²) in [5, 5.41) is 15.5. The first-order valence-electron chi connectivity index (χ1n) is 12.9. The molecule has 2 aliphatic rings. The number of aliphatic hydroxyl groups excluding tert-OH is 1. The number of hydrogen-bond acceptors (Lipinski definition) is 6. The minimum absolute atomic E-state index is 0.00123. The summed E-state index contributed by atoms with van der Waals surface area (Å²) in [6.07, 6.45) is 1.06. The van der Waals surface area contributed by atoms with Gasteiger partial charge in [-0.2, -0.15) is 0 Å². The molecular weight excluding hydrogens is 494 g/mol. The van der Waals surface area contributed by atoms with Crippen LogP contribution >= 0.6 is 0 Å². The summed E-state index contributed by atoms with van der Waals surface area (Å²) in [4.78, 5) is 27.7. The van der Waals surface area contributed by atoms with Crippen LogP contribution in [-0.2, 0) is 16.0 Å². The van der Waals surface area contributed by atoms with E-state index in [9.17, 15) is 23.5 Å². The highest BCUT2D eigenvalue weighted by Crippen LogP contribution is 2.36. The maximum Gasteiger partial charge on any atom is 0.287 e. The summed E-state index contributed by atoms with van der Waals surface area (Å²) < 4.78 is 38.9. The molecule has 2 aliphatic heterocycles. The Bertz CT molecular complexity index is 1340. The number of ether oxygens (including phenoxy) is 2. The number of benzene rings is 3. The van der Waals surface area contributed by atoms with Gasteiger partial charge in [-0.3, -0.25) is 9.59 Å². The summed E-state index contributed by atoms with van der Waals surface area (Å²) in [6, 6.07) is 11.8. The minimum Gasteiger partial charge on any atom is -0.486 e. The Labute approximate surface area is 219 Å². The first-order valence-corrected chi connectivity index (χ1v) is 12.9. The lowest BCUT2D eigenvalue weighted by Gasteiger charge is -2.29. The van der Waals surface area contributed by atoms with Crippen molar-refractivity contribution in [2.75, 3.05) is 32.8 Å². The maximum absolute atomic E-state index is 14.6. The number of carbonyl (C=O) groups excluding carboxylic acids is 2. The highest BCUT2D eigenvalue weighted by atomic mass is 19.1. The van der Waals surface area contributed by atoms with Crippen molar-refractivity contribution >= 4 is 22.5 Å². The van der Waals surface area contributed by atoms with Crippen LogP contribution in [0, 0.1) is 11.6 Å². The molecule has 0 saturated carbocycles. The molecule has 3 aromatic rings. The maximum atomic E-state index is 14.6. The van der Waals surface area contributed by atoms with Crippen LogP contribution in [0.3, 0.4) is 0 Å². The van der Waals surface area contributed by atoms with E-state index in [0.717, 1.165) is 42.3 Å². The molecule has 2 atom stereocenters. The van der Waals surface area contributed by atoms with Gasteiger partial charge in [0, 0.05) is 13.0 Å². The van der Waals surface area contributed by atoms with Crippen molar-refractivity contribution in [2.45, 2.75) is 37.8 Å². The summed E-state index contributed by atoms with van der Waals surface area (Å²) in [6.45, 7) is 2.45. The monoisotopic (exact) mass is 524 g/mol. The number of rotatable bonds is 9. The van der Waals surface area contributed by atoms with Crippen molar-refractivity contribution < 1.29 is 33.0 Å². The van der Waals surface area contributed by atoms with E-state index in [1.54, 1.807) is 12.1 Å². The number of halogens is 2. The van der Waals surface area contributed by atoms with E-state index in [0.29, 0.717) is 13.0 Å². The fourth-order valence-electron chi connectivity index (χ4n) is 5.04. The van der Waals surface area contributed by atoms with Gasteiger partial charge in [0.1, 0.15) is 25.1 Å². The number of nitrogens with zero attached hydrogens (tertiary/aromatic N) is 1. The number of hydrogen-bond donors (Lipinski definition) is 2. The zero-order chi connectivity index (χ0) is 26.6. The molecular formula is C29H30F2N2O5. The Hall–Kier alpha value is -3.56. The molecule has 2 heterocycles. The highest BCUT2D eigenvalue weighted by molar-refractivity contribution is 6.36. The lowest BCUT2D eigenvalue weighted by Crippen LogP contribution is -2.48. The number of fused-ring (bicyclic) bond motifs is 2. The first-order chi connectivity index (χ1) is 18.4. The molecule has 1 amide bonds. The Morgan fingerprint density at radius 3 is 2.53 bits per heavy atom. The Balaban J connectivity index is 1.27. The van der Waals surface area contributed by atoms with Crippen molar-refractivity contribution in [3.05, 3.63) is 71.3 Å². The van der Waals surface area contributed by atoms with Crippen molar-refractivity contribution in [2.24, 2.45) is 0 Å². The molecule has 200 valence electrons. The van der Waals surface area contributed by atoms with E-state index in [1.807, 2.05) is 12.1 Å². The van der Waals surface area contributed by atoms with Crippen LogP contribution in [0.1, 0.15) is 36.5 Å². The smallest absolute Gasteiger partial charge is 0.287 e. The lowest BCUT2D eigenvalue weighted by molar-refractivity contribution is -0.139. The average Bonchev–Trinajstić information content (AvgIpc) is 3.44. The van der Waals surface area contributed by atoms with Gasteiger partial charge in [-0.25, -0.2) is 8.78 Å². The third kappa shape index (κ3) is 5.95. The molecule has 7 nitrogen and oxygen atoms in total. The third-order valence-electron chi connectivity index (χ3n) is 7.07. The largest absolute Gasteiger partial charge is 0.486 e. The predicted octanol–water partition coefficient (Wildman–Crippen LogP) is 3.71. The number of Topliss-reactive ketones (excluding diaryl/α,β-unsaturated/α-hetero) is 1. The van der Waals surface area contributed by atoms with Crippen molar-refractivity contribution in [3.8, 4) is 11.5 Å². The van der Waals surface area contributed by atoms with Crippen molar-refractivity contribution in [1.29, 1.82) is 0 Å². The molecule has 0 radical (unpaired) electrons. The third-order valence-corrected chi connectivity index (χ3v) is 7.07. The van der Waals surface area contributed by atoms with Gasteiger partial charge in [0.2, 0.25) is 5.78 Å². The number of aliphatic hydroxyl groups is 1. The van der Waals surface area contributed by atoms with Gasteiger partial charge in [0.15, 0.2) is 17.3 Å². The van der Waals surface area contributed by atoms with Gasteiger partial charge >= 0.3 is 0 Å². The average molecular weight is 525 g/mol. The van der Waals surface area contributed by atoms with E-state index >= 15 is 0 Å². The van der Waals surface area contributed by atoms with Crippen LogP contribution in [-0.4, -0.2) is 60.6 Å². The Morgan fingerprint density at radius 2 is 1.71 bits per heavy atom. The number of nitrogens with one attached hydrogen (secondary N) is 1. The molecule has 9 heteroatoms. The van der Waals surface area contributed by atoms with Crippen LogP contribution < -0.4 is 14.8 Å². The fraction of sp³-hybridized carbons (Fsp3) is 0.379. The molecule has 5 rings (SSSR count). The van der Waals surface area contributed by atoms with Gasteiger partial charge in [-0.1, -0.05) is 24.3 Å². The van der Waals surface area contributed by atoms with Crippen LogP contribution in [0.2, 0.25) is 0 Å². The number of ketones is 1. The molecule has 0 aromatic heterocycles. The lowest BCUT2D eigenvalue weighted by atomic mass is 9.99. The van der Waals surface area contributed by atoms with Crippen LogP contribution in [0.25, 0.3) is 10.8 Å². The van der Waals surface area contributed by atoms with Crippen molar-refractivity contribution in [1.82, 2.24) is 10.2 Å². The van der Waals surface area contributed by atoms with E-state index in [1.165, 1.54) is 24.3 Å². The van der Waals surface area contributed by atoms with Gasteiger partial charge in [0.05, 0.1) is 6.04 Å². The second-order valence-corrected chi connectivity index (χ2v) is 9.81.